The number of rotatable bonds is 2. The Kier molecular flexibility index (Phi) is 4.05. The van der Waals surface area contributed by atoms with E-state index in [2.05, 4.69) is 0 Å². The Hall–Kier alpha value is -0.600. The van der Waals surface area contributed by atoms with E-state index in [9.17, 15) is 0 Å². The second kappa shape index (κ2) is 5.36. The Morgan fingerprint density at radius 3 is 2.06 bits per heavy atom. The maximum atomic E-state index is 6.02. The molecule has 0 bridgehead atoms. The van der Waals surface area contributed by atoms with E-state index in [1.807, 2.05) is 18.2 Å². The Morgan fingerprint density at radius 2 is 1.41 bits per heavy atom. The molecule has 0 N–H and O–H groups in total. The van der Waals surface area contributed by atoms with Gasteiger partial charge in [-0.05, 0) is 12.1 Å². The van der Waals surface area contributed by atoms with Crippen LogP contribution in [-0.2, 0) is 0 Å². The van der Waals surface area contributed by atoms with Crippen molar-refractivity contribution in [2.45, 2.75) is 0 Å². The molecule has 5 heteroatoms. The minimum Gasteiger partial charge on any atom is -0.456 e. The summed E-state index contributed by atoms with van der Waals surface area (Å²) >= 11 is 23.7. The maximum absolute atomic E-state index is 6.02. The molecule has 1 nitrogen and oxygen atoms in total. The average molecular weight is 308 g/mol. The zero-order valence-electron chi connectivity index (χ0n) is 8.38. The summed E-state index contributed by atoms with van der Waals surface area (Å²) in [6.45, 7) is 0. The van der Waals surface area contributed by atoms with Crippen molar-refractivity contribution in [3.63, 3.8) is 0 Å². The fraction of sp³-hybridized carbons (Fsp3) is 0. The van der Waals surface area contributed by atoms with Gasteiger partial charge in [0.15, 0.2) is 0 Å². The summed E-state index contributed by atoms with van der Waals surface area (Å²) in [6.07, 6.45) is 0. The largest absolute Gasteiger partial charge is 0.456 e. The van der Waals surface area contributed by atoms with Gasteiger partial charge in [0.1, 0.15) is 16.5 Å². The molecule has 0 saturated carbocycles. The van der Waals surface area contributed by atoms with Gasteiger partial charge in [-0.2, -0.15) is 0 Å². The third-order valence-electron chi connectivity index (χ3n) is 2.04. The van der Waals surface area contributed by atoms with Crippen LogP contribution in [0.5, 0.6) is 11.5 Å². The van der Waals surface area contributed by atoms with Gasteiger partial charge in [0.25, 0.3) is 0 Å². The first-order chi connectivity index (χ1) is 8.09. The lowest BCUT2D eigenvalue weighted by atomic mass is 10.3. The van der Waals surface area contributed by atoms with Crippen LogP contribution >= 0.6 is 46.4 Å². The van der Waals surface area contributed by atoms with Crippen molar-refractivity contribution in [2.24, 2.45) is 0 Å². The van der Waals surface area contributed by atoms with Gasteiger partial charge < -0.3 is 4.74 Å². The lowest BCUT2D eigenvalue weighted by molar-refractivity contribution is 0.483. The van der Waals surface area contributed by atoms with E-state index in [0.717, 1.165) is 0 Å². The van der Waals surface area contributed by atoms with E-state index in [4.69, 9.17) is 51.1 Å². The molecule has 0 atom stereocenters. The van der Waals surface area contributed by atoms with E-state index >= 15 is 0 Å². The van der Waals surface area contributed by atoms with Crippen molar-refractivity contribution >= 4 is 46.4 Å². The second-order valence-electron chi connectivity index (χ2n) is 3.21. The Balaban J connectivity index is 2.41. The third-order valence-corrected chi connectivity index (χ3v) is 3.77. The van der Waals surface area contributed by atoms with E-state index in [-0.39, 0.29) is 15.1 Å². The monoisotopic (exact) mass is 306 g/mol. The molecule has 0 fully saturated rings. The topological polar surface area (TPSA) is 9.23 Å². The average Bonchev–Trinajstić information content (AvgIpc) is 2.35. The van der Waals surface area contributed by atoms with Crippen molar-refractivity contribution < 1.29 is 4.74 Å². The van der Waals surface area contributed by atoms with Crippen LogP contribution in [-0.4, -0.2) is 0 Å². The fourth-order valence-electron chi connectivity index (χ4n) is 1.24. The van der Waals surface area contributed by atoms with Crippen molar-refractivity contribution in [1.82, 2.24) is 0 Å². The molecule has 0 aromatic heterocycles. The molecule has 2 aromatic carbocycles. The van der Waals surface area contributed by atoms with Crippen LogP contribution in [0.25, 0.3) is 0 Å². The van der Waals surface area contributed by atoms with Crippen LogP contribution in [0.4, 0.5) is 0 Å². The minimum absolute atomic E-state index is 0.187. The van der Waals surface area contributed by atoms with E-state index in [0.29, 0.717) is 16.5 Å². The maximum Gasteiger partial charge on any atom is 0.149 e. The van der Waals surface area contributed by atoms with Gasteiger partial charge in [0, 0.05) is 6.07 Å². The molecule has 0 radical (unpaired) electrons. The van der Waals surface area contributed by atoms with Crippen LogP contribution in [0.3, 0.4) is 0 Å². The first-order valence-electron chi connectivity index (χ1n) is 4.65. The normalized spacial score (nSPS) is 10.4. The van der Waals surface area contributed by atoms with Crippen LogP contribution in [0, 0.1) is 0 Å². The lowest BCUT2D eigenvalue weighted by Crippen LogP contribution is -1.87. The van der Waals surface area contributed by atoms with Gasteiger partial charge in [0.2, 0.25) is 0 Å². The number of halogens is 4. The van der Waals surface area contributed by atoms with E-state index in [1.54, 1.807) is 12.1 Å². The summed E-state index contributed by atoms with van der Waals surface area (Å²) in [7, 11) is 0. The Bertz CT molecular complexity index is 540. The molecular formula is C12H6Cl4O. The van der Waals surface area contributed by atoms with Crippen LogP contribution < -0.4 is 4.74 Å². The number of para-hydroxylation sites is 1. The highest BCUT2D eigenvalue weighted by atomic mass is 35.5. The van der Waals surface area contributed by atoms with Crippen molar-refractivity contribution in [2.75, 3.05) is 0 Å². The summed E-state index contributed by atoms with van der Waals surface area (Å²) in [6, 6.07) is 10.7. The van der Waals surface area contributed by atoms with Gasteiger partial charge in [0.05, 0.1) is 15.1 Å². The smallest absolute Gasteiger partial charge is 0.149 e. The molecule has 2 aromatic rings. The highest BCUT2D eigenvalue weighted by Gasteiger charge is 2.14. The third kappa shape index (κ3) is 2.80. The molecule has 2 rings (SSSR count). The number of hydrogen-bond donors (Lipinski definition) is 0. The summed E-state index contributed by atoms with van der Waals surface area (Å²) in [5, 5.41) is 0.947. The molecule has 0 aliphatic heterocycles. The Morgan fingerprint density at radius 1 is 0.765 bits per heavy atom. The Labute approximate surface area is 119 Å². The zero-order chi connectivity index (χ0) is 12.4. The van der Waals surface area contributed by atoms with E-state index < -0.39 is 0 Å². The molecule has 17 heavy (non-hydrogen) atoms. The highest BCUT2D eigenvalue weighted by molar-refractivity contribution is 6.52. The second-order valence-corrected chi connectivity index (χ2v) is 4.75. The molecule has 0 spiro atoms. The fourth-order valence-corrected chi connectivity index (χ4v) is 2.06. The zero-order valence-corrected chi connectivity index (χ0v) is 11.4. The minimum atomic E-state index is 0.187. The van der Waals surface area contributed by atoms with E-state index in [1.165, 1.54) is 6.07 Å². The molecule has 0 unspecified atom stereocenters. The molecule has 0 heterocycles. The van der Waals surface area contributed by atoms with Crippen LogP contribution in [0.1, 0.15) is 0 Å². The van der Waals surface area contributed by atoms with Gasteiger partial charge >= 0.3 is 0 Å². The molecule has 0 aliphatic rings. The molecule has 0 aliphatic carbocycles. The number of benzene rings is 2. The first-order valence-corrected chi connectivity index (χ1v) is 6.16. The predicted molar refractivity (Wildman–Crippen MR) is 73.0 cm³/mol. The summed E-state index contributed by atoms with van der Waals surface area (Å²) in [5.41, 5.74) is 0. The SMILES string of the molecule is Clc1cc(Oc2ccccc2)c(Cl)c(Cl)c1Cl. The molecular weight excluding hydrogens is 302 g/mol. The lowest BCUT2D eigenvalue weighted by Gasteiger charge is -2.10. The summed E-state index contributed by atoms with van der Waals surface area (Å²) in [5.74, 6) is 1.01. The van der Waals surface area contributed by atoms with Crippen molar-refractivity contribution in [3.05, 3.63) is 56.5 Å². The first kappa shape index (κ1) is 12.8. The van der Waals surface area contributed by atoms with Crippen molar-refractivity contribution in [3.8, 4) is 11.5 Å². The number of hydrogen-bond acceptors (Lipinski definition) is 1. The van der Waals surface area contributed by atoms with Gasteiger partial charge in [-0.15, -0.1) is 0 Å². The predicted octanol–water partition coefficient (Wildman–Crippen LogP) is 6.09. The quantitative estimate of drug-likeness (QED) is 0.481. The molecule has 88 valence electrons. The van der Waals surface area contributed by atoms with Crippen LogP contribution in [0.15, 0.2) is 36.4 Å². The highest BCUT2D eigenvalue weighted by Crippen LogP contribution is 2.43. The molecule has 0 saturated heterocycles. The molecule has 0 amide bonds. The summed E-state index contributed by atoms with van der Waals surface area (Å²) < 4.78 is 5.57. The number of ether oxygens (including phenoxy) is 1. The standard InChI is InChI=1S/C12H6Cl4O/c13-8-6-9(11(15)12(16)10(8)14)17-7-4-2-1-3-5-7/h1-6H. The van der Waals surface area contributed by atoms with Crippen LogP contribution in [0.2, 0.25) is 20.1 Å². The van der Waals surface area contributed by atoms with Gasteiger partial charge in [-0.1, -0.05) is 64.6 Å². The van der Waals surface area contributed by atoms with Gasteiger partial charge in [-0.3, -0.25) is 0 Å². The summed E-state index contributed by atoms with van der Waals surface area (Å²) in [4.78, 5) is 0. The van der Waals surface area contributed by atoms with Crippen molar-refractivity contribution in [1.29, 1.82) is 0 Å². The van der Waals surface area contributed by atoms with Gasteiger partial charge in [-0.25, -0.2) is 0 Å².